The number of fused-ring (bicyclic) bond motifs is 1. The molecule has 4 N–H and O–H groups in total. The predicted octanol–water partition coefficient (Wildman–Crippen LogP) is 4.56. The van der Waals surface area contributed by atoms with Crippen LogP contribution in [0, 0.1) is 17.2 Å². The Bertz CT molecular complexity index is 1320. The Morgan fingerprint density at radius 3 is 2.56 bits per heavy atom. The van der Waals surface area contributed by atoms with Crippen molar-refractivity contribution in [2.75, 3.05) is 23.8 Å². The molecule has 12 heteroatoms. The summed E-state index contributed by atoms with van der Waals surface area (Å²) in [6, 6.07) is 5.63. The van der Waals surface area contributed by atoms with Gasteiger partial charge in [0.1, 0.15) is 11.6 Å². The fourth-order valence-corrected chi connectivity index (χ4v) is 5.31. The number of ether oxygens (including phenoxy) is 1. The zero-order valence-corrected chi connectivity index (χ0v) is 21.0. The molecule has 1 aliphatic heterocycles. The molecule has 0 spiro atoms. The van der Waals surface area contributed by atoms with Crippen LogP contribution in [0.4, 0.5) is 17.6 Å². The van der Waals surface area contributed by atoms with E-state index in [2.05, 4.69) is 15.6 Å². The molecular weight excluding hydrogens is 503 g/mol. The van der Waals surface area contributed by atoms with E-state index in [4.69, 9.17) is 43.6 Å². The van der Waals surface area contributed by atoms with E-state index in [1.54, 1.807) is 18.3 Å². The van der Waals surface area contributed by atoms with Crippen molar-refractivity contribution in [1.29, 1.82) is 5.26 Å². The Kier molecular flexibility index (Phi) is 7.14. The van der Waals surface area contributed by atoms with E-state index < -0.39 is 0 Å². The van der Waals surface area contributed by atoms with E-state index in [0.29, 0.717) is 60.4 Å². The molecule has 1 aromatic carbocycles. The summed E-state index contributed by atoms with van der Waals surface area (Å²) in [6.45, 7) is 1.42. The van der Waals surface area contributed by atoms with Gasteiger partial charge in [0.05, 0.1) is 27.5 Å². The van der Waals surface area contributed by atoms with Gasteiger partial charge in [-0.1, -0.05) is 23.2 Å². The van der Waals surface area contributed by atoms with Crippen molar-refractivity contribution in [3.63, 3.8) is 0 Å². The van der Waals surface area contributed by atoms with Gasteiger partial charge >= 0.3 is 0 Å². The van der Waals surface area contributed by atoms with E-state index >= 15 is 0 Å². The van der Waals surface area contributed by atoms with Gasteiger partial charge in [-0.2, -0.15) is 10.2 Å². The lowest BCUT2D eigenvalue weighted by Crippen LogP contribution is -2.29. The molecule has 1 amide bonds. The lowest BCUT2D eigenvalue weighted by atomic mass is 9.85. The van der Waals surface area contributed by atoms with E-state index in [1.807, 2.05) is 10.6 Å². The van der Waals surface area contributed by atoms with Crippen LogP contribution in [0.3, 0.4) is 0 Å². The van der Waals surface area contributed by atoms with Crippen molar-refractivity contribution < 1.29 is 9.53 Å². The zero-order valence-electron chi connectivity index (χ0n) is 19.5. The molecule has 5 rings (SSSR count). The summed E-state index contributed by atoms with van der Waals surface area (Å²) in [7, 11) is 0. The van der Waals surface area contributed by atoms with Crippen LogP contribution in [-0.4, -0.2) is 44.7 Å². The van der Waals surface area contributed by atoms with Gasteiger partial charge in [0.15, 0.2) is 5.65 Å². The average molecular weight is 529 g/mol. The number of carbonyl (C=O) groups excluding carboxylic acids is 1. The number of benzene rings is 1. The first-order valence-electron chi connectivity index (χ1n) is 12.0. The van der Waals surface area contributed by atoms with Crippen LogP contribution in [0.1, 0.15) is 50.1 Å². The minimum atomic E-state index is -0.258. The van der Waals surface area contributed by atoms with Crippen LogP contribution in [0.2, 0.25) is 10.0 Å². The summed E-state index contributed by atoms with van der Waals surface area (Å²) in [4.78, 5) is 25.8. The molecule has 36 heavy (non-hydrogen) atoms. The number of rotatable bonds is 6. The molecule has 2 aromatic heterocycles. The standard InChI is InChI=1S/C24H26Cl2N8O2/c25-19-14(11-27)3-6-17(20(19)26)31-24-32-18-12-29-23(30-15-7-9-36-10-8-15)33-22(18)34(24)16-4-1-13(2-5-16)21(28)35/h3,6,12-13,15-16H,1-2,4-5,7-10H2,(H2,28,35)(H,31,32)(H,29,30,33). The maximum atomic E-state index is 11.7. The molecule has 0 atom stereocenters. The molecule has 1 aliphatic carbocycles. The van der Waals surface area contributed by atoms with Crippen molar-refractivity contribution >= 4 is 57.9 Å². The number of primary amides is 1. The zero-order chi connectivity index (χ0) is 25.2. The lowest BCUT2D eigenvalue weighted by molar-refractivity contribution is -0.122. The number of nitrogens with zero attached hydrogens (tertiary/aromatic N) is 5. The number of anilines is 3. The van der Waals surface area contributed by atoms with Crippen LogP contribution in [0.15, 0.2) is 18.3 Å². The Morgan fingerprint density at radius 2 is 1.86 bits per heavy atom. The normalized spacial score (nSPS) is 20.7. The lowest BCUT2D eigenvalue weighted by Gasteiger charge is -2.29. The summed E-state index contributed by atoms with van der Waals surface area (Å²) >= 11 is 12.8. The highest BCUT2D eigenvalue weighted by Gasteiger charge is 2.29. The number of hydrogen-bond donors (Lipinski definition) is 3. The van der Waals surface area contributed by atoms with Gasteiger partial charge < -0.3 is 21.1 Å². The van der Waals surface area contributed by atoms with Gasteiger partial charge in [0.2, 0.25) is 17.8 Å². The molecule has 10 nitrogen and oxygen atoms in total. The highest BCUT2D eigenvalue weighted by atomic mass is 35.5. The third kappa shape index (κ3) is 4.91. The molecule has 188 valence electrons. The number of amides is 1. The second-order valence-electron chi connectivity index (χ2n) is 9.17. The van der Waals surface area contributed by atoms with Gasteiger partial charge in [-0.05, 0) is 50.7 Å². The van der Waals surface area contributed by atoms with E-state index in [9.17, 15) is 10.1 Å². The van der Waals surface area contributed by atoms with Crippen LogP contribution in [0.25, 0.3) is 11.2 Å². The van der Waals surface area contributed by atoms with Gasteiger partial charge in [-0.15, -0.1) is 0 Å². The minimum absolute atomic E-state index is 0.0477. The fourth-order valence-electron chi connectivity index (χ4n) is 4.89. The third-order valence-corrected chi connectivity index (χ3v) is 7.78. The van der Waals surface area contributed by atoms with Crippen molar-refractivity contribution in [1.82, 2.24) is 19.5 Å². The van der Waals surface area contributed by atoms with Gasteiger partial charge in [0, 0.05) is 31.2 Å². The number of halogens is 2. The highest BCUT2D eigenvalue weighted by Crippen LogP contribution is 2.39. The number of imidazole rings is 1. The summed E-state index contributed by atoms with van der Waals surface area (Å²) in [5, 5.41) is 16.4. The summed E-state index contributed by atoms with van der Waals surface area (Å²) in [6.07, 6.45) is 6.38. The average Bonchev–Trinajstić information content (AvgIpc) is 3.24. The molecule has 1 saturated carbocycles. The summed E-state index contributed by atoms with van der Waals surface area (Å²) in [5.41, 5.74) is 7.68. The van der Waals surface area contributed by atoms with Gasteiger partial charge in [-0.3, -0.25) is 9.36 Å². The molecular formula is C24H26Cl2N8O2. The Hall–Kier alpha value is -3.13. The quantitative estimate of drug-likeness (QED) is 0.422. The fraction of sp³-hybridized carbons (Fsp3) is 0.458. The second-order valence-corrected chi connectivity index (χ2v) is 9.93. The highest BCUT2D eigenvalue weighted by molar-refractivity contribution is 6.44. The first kappa shape index (κ1) is 24.6. The maximum absolute atomic E-state index is 11.7. The summed E-state index contributed by atoms with van der Waals surface area (Å²) in [5.74, 6) is 0.686. The first-order valence-corrected chi connectivity index (χ1v) is 12.7. The molecule has 2 fully saturated rings. The number of aromatic nitrogens is 4. The van der Waals surface area contributed by atoms with Crippen LogP contribution in [-0.2, 0) is 9.53 Å². The first-order chi connectivity index (χ1) is 17.4. The number of nitrogens with two attached hydrogens (primary N) is 1. The van der Waals surface area contributed by atoms with Crippen LogP contribution < -0.4 is 16.4 Å². The van der Waals surface area contributed by atoms with Crippen molar-refractivity contribution in [3.8, 4) is 6.07 Å². The molecule has 1 saturated heterocycles. The van der Waals surface area contributed by atoms with E-state index in [-0.39, 0.29) is 34.0 Å². The second kappa shape index (κ2) is 10.5. The van der Waals surface area contributed by atoms with E-state index in [1.165, 1.54) is 0 Å². The molecule has 3 aromatic rings. The number of carbonyl (C=O) groups is 1. The molecule has 2 aliphatic rings. The summed E-state index contributed by atoms with van der Waals surface area (Å²) < 4.78 is 7.50. The Morgan fingerprint density at radius 1 is 1.11 bits per heavy atom. The smallest absolute Gasteiger partial charge is 0.224 e. The monoisotopic (exact) mass is 528 g/mol. The minimum Gasteiger partial charge on any atom is -0.381 e. The molecule has 0 bridgehead atoms. The van der Waals surface area contributed by atoms with Crippen molar-refractivity contribution in [2.24, 2.45) is 11.7 Å². The maximum Gasteiger partial charge on any atom is 0.224 e. The number of nitriles is 1. The molecule has 0 unspecified atom stereocenters. The Balaban J connectivity index is 1.52. The van der Waals surface area contributed by atoms with Crippen molar-refractivity contribution in [2.45, 2.75) is 50.6 Å². The Labute approximate surface area is 218 Å². The molecule has 0 radical (unpaired) electrons. The SMILES string of the molecule is N#Cc1ccc(Nc2nc3cnc(NC4CCOCC4)nc3n2C2CCC(C(N)=O)CC2)c(Cl)c1Cl. The topological polar surface area (TPSA) is 144 Å². The van der Waals surface area contributed by atoms with Crippen LogP contribution in [0.5, 0.6) is 0 Å². The third-order valence-electron chi connectivity index (χ3n) is 6.90. The number of nitrogens with one attached hydrogen (secondary N) is 2. The van der Waals surface area contributed by atoms with Crippen molar-refractivity contribution in [3.05, 3.63) is 33.9 Å². The number of hydrogen-bond acceptors (Lipinski definition) is 8. The molecule has 3 heterocycles. The van der Waals surface area contributed by atoms with Gasteiger partial charge in [0.25, 0.3) is 0 Å². The van der Waals surface area contributed by atoms with Crippen LogP contribution >= 0.6 is 23.2 Å². The predicted molar refractivity (Wildman–Crippen MR) is 137 cm³/mol. The van der Waals surface area contributed by atoms with E-state index in [0.717, 1.165) is 25.7 Å². The largest absolute Gasteiger partial charge is 0.381 e. The van der Waals surface area contributed by atoms with Gasteiger partial charge in [-0.25, -0.2) is 9.97 Å².